The third kappa shape index (κ3) is 3.87. The van der Waals surface area contributed by atoms with Crippen LogP contribution in [0.25, 0.3) is 39.3 Å². The molecule has 2 N–H and O–H groups in total. The van der Waals surface area contributed by atoms with Crippen LogP contribution in [0.2, 0.25) is 0 Å². The first-order chi connectivity index (χ1) is 16.2. The maximum atomic E-state index is 9.92. The summed E-state index contributed by atoms with van der Waals surface area (Å²) in [5.74, 6) is 0.438. The van der Waals surface area contributed by atoms with Gasteiger partial charge in [0.25, 0.3) is 0 Å². The van der Waals surface area contributed by atoms with Crippen molar-refractivity contribution in [3.05, 3.63) is 109 Å². The summed E-state index contributed by atoms with van der Waals surface area (Å²) in [4.78, 5) is 0. The van der Waals surface area contributed by atoms with Gasteiger partial charge >= 0.3 is 0 Å². The van der Waals surface area contributed by atoms with E-state index in [2.05, 4.69) is 31.2 Å². The molecule has 0 aliphatic carbocycles. The lowest BCUT2D eigenvalue weighted by molar-refractivity contribution is 0.475. The Labute approximate surface area is 193 Å². The van der Waals surface area contributed by atoms with Gasteiger partial charge in [0, 0.05) is 16.7 Å². The number of aromatic nitrogens is 2. The average molecular weight is 433 g/mol. The van der Waals surface area contributed by atoms with Gasteiger partial charge in [-0.3, -0.25) is 0 Å². The SMILES string of the molecule is CCc1ccccc1-n1nc(-c2ccc(O)cc2)c(-c2ccccc2)c1-c1ccc(O)cc1. The first-order valence-electron chi connectivity index (χ1n) is 11.0. The molecule has 33 heavy (non-hydrogen) atoms. The smallest absolute Gasteiger partial charge is 0.115 e. The number of nitrogens with zero attached hydrogens (tertiary/aromatic N) is 2. The number of rotatable bonds is 5. The molecule has 0 aliphatic rings. The molecule has 0 radical (unpaired) electrons. The van der Waals surface area contributed by atoms with Crippen LogP contribution in [0.3, 0.4) is 0 Å². The van der Waals surface area contributed by atoms with Crippen molar-refractivity contribution in [2.75, 3.05) is 0 Å². The zero-order chi connectivity index (χ0) is 22.8. The minimum Gasteiger partial charge on any atom is -0.508 e. The molecule has 0 atom stereocenters. The second-order valence-electron chi connectivity index (χ2n) is 7.93. The van der Waals surface area contributed by atoms with E-state index in [9.17, 15) is 10.2 Å². The molecule has 5 aromatic rings. The fourth-order valence-electron chi connectivity index (χ4n) is 4.19. The van der Waals surface area contributed by atoms with Gasteiger partial charge in [-0.25, -0.2) is 4.68 Å². The first kappa shape index (κ1) is 20.6. The van der Waals surface area contributed by atoms with Crippen LogP contribution in [0.5, 0.6) is 11.5 Å². The summed E-state index contributed by atoms with van der Waals surface area (Å²) in [7, 11) is 0. The van der Waals surface area contributed by atoms with Gasteiger partial charge in [-0.15, -0.1) is 0 Å². The standard InChI is InChI=1S/C29H24N2O2/c1-2-20-8-6-7-11-26(20)31-29(23-14-18-25(33)19-15-23)27(21-9-4-3-5-10-21)28(30-31)22-12-16-24(32)17-13-22/h3-19,32-33H,2H2,1H3. The minimum absolute atomic E-state index is 0.217. The highest BCUT2D eigenvalue weighted by molar-refractivity contribution is 5.92. The van der Waals surface area contributed by atoms with E-state index in [0.29, 0.717) is 0 Å². The first-order valence-corrected chi connectivity index (χ1v) is 11.0. The summed E-state index contributed by atoms with van der Waals surface area (Å²) in [6, 6.07) is 32.9. The van der Waals surface area contributed by atoms with Crippen LogP contribution in [-0.2, 0) is 6.42 Å². The van der Waals surface area contributed by atoms with Crippen molar-refractivity contribution >= 4 is 0 Å². The summed E-state index contributed by atoms with van der Waals surface area (Å²) >= 11 is 0. The van der Waals surface area contributed by atoms with Crippen LogP contribution < -0.4 is 0 Å². The van der Waals surface area contributed by atoms with Crippen molar-refractivity contribution in [2.24, 2.45) is 0 Å². The molecule has 0 saturated heterocycles. The molecular formula is C29H24N2O2. The molecule has 0 fully saturated rings. The Bertz CT molecular complexity index is 1390. The Morgan fingerprint density at radius 1 is 0.636 bits per heavy atom. The third-order valence-corrected chi connectivity index (χ3v) is 5.83. The minimum atomic E-state index is 0.217. The van der Waals surface area contributed by atoms with Gasteiger partial charge in [-0.2, -0.15) is 5.10 Å². The quantitative estimate of drug-likeness (QED) is 0.319. The van der Waals surface area contributed by atoms with Crippen molar-refractivity contribution in [1.82, 2.24) is 9.78 Å². The Balaban J connectivity index is 1.89. The van der Waals surface area contributed by atoms with E-state index in [4.69, 9.17) is 5.10 Å². The molecule has 0 amide bonds. The van der Waals surface area contributed by atoms with Crippen LogP contribution in [0.4, 0.5) is 0 Å². The van der Waals surface area contributed by atoms with Gasteiger partial charge in [-0.05, 0) is 72.1 Å². The molecule has 1 aromatic heterocycles. The van der Waals surface area contributed by atoms with Gasteiger partial charge in [-0.1, -0.05) is 55.5 Å². The molecule has 4 aromatic carbocycles. The van der Waals surface area contributed by atoms with Gasteiger partial charge in [0.1, 0.15) is 17.2 Å². The monoisotopic (exact) mass is 432 g/mol. The molecule has 0 saturated carbocycles. The van der Waals surface area contributed by atoms with Crippen LogP contribution in [0.15, 0.2) is 103 Å². The lowest BCUT2D eigenvalue weighted by Gasteiger charge is -2.13. The van der Waals surface area contributed by atoms with Gasteiger partial charge in [0.2, 0.25) is 0 Å². The van der Waals surface area contributed by atoms with Crippen LogP contribution in [0, 0.1) is 0 Å². The Hall–Kier alpha value is -4.31. The molecule has 4 heteroatoms. The number of aryl methyl sites for hydroxylation is 1. The lowest BCUT2D eigenvalue weighted by atomic mass is 9.95. The predicted molar refractivity (Wildman–Crippen MR) is 133 cm³/mol. The van der Waals surface area contributed by atoms with E-state index >= 15 is 0 Å². The number of hydrogen-bond donors (Lipinski definition) is 2. The van der Waals surface area contributed by atoms with Crippen molar-refractivity contribution < 1.29 is 10.2 Å². The van der Waals surface area contributed by atoms with E-state index in [1.54, 1.807) is 24.3 Å². The highest BCUT2D eigenvalue weighted by Crippen LogP contribution is 2.42. The van der Waals surface area contributed by atoms with E-state index < -0.39 is 0 Å². The average Bonchev–Trinajstić information content (AvgIpc) is 3.26. The highest BCUT2D eigenvalue weighted by Gasteiger charge is 2.23. The summed E-state index contributed by atoms with van der Waals surface area (Å²) < 4.78 is 2.01. The predicted octanol–water partition coefficient (Wildman–Crippen LogP) is 6.85. The van der Waals surface area contributed by atoms with Crippen molar-refractivity contribution in [1.29, 1.82) is 0 Å². The molecule has 1 heterocycles. The second-order valence-corrected chi connectivity index (χ2v) is 7.93. The van der Waals surface area contributed by atoms with Crippen LogP contribution >= 0.6 is 0 Å². The largest absolute Gasteiger partial charge is 0.508 e. The zero-order valence-corrected chi connectivity index (χ0v) is 18.3. The fourth-order valence-corrected chi connectivity index (χ4v) is 4.19. The maximum Gasteiger partial charge on any atom is 0.115 e. The van der Waals surface area contributed by atoms with E-state index in [0.717, 1.165) is 45.7 Å². The second kappa shape index (κ2) is 8.67. The number of phenols is 2. The van der Waals surface area contributed by atoms with E-state index in [-0.39, 0.29) is 11.5 Å². The van der Waals surface area contributed by atoms with E-state index in [1.165, 1.54) is 5.56 Å². The molecule has 0 spiro atoms. The Morgan fingerprint density at radius 3 is 1.85 bits per heavy atom. The topological polar surface area (TPSA) is 58.3 Å². The molecule has 0 bridgehead atoms. The third-order valence-electron chi connectivity index (χ3n) is 5.83. The molecule has 5 rings (SSSR count). The lowest BCUT2D eigenvalue weighted by Crippen LogP contribution is -2.03. The maximum absolute atomic E-state index is 9.92. The van der Waals surface area contributed by atoms with Gasteiger partial charge in [0.15, 0.2) is 0 Å². The molecule has 4 nitrogen and oxygen atoms in total. The zero-order valence-electron chi connectivity index (χ0n) is 18.3. The van der Waals surface area contributed by atoms with Crippen LogP contribution in [0.1, 0.15) is 12.5 Å². The number of aromatic hydroxyl groups is 2. The highest BCUT2D eigenvalue weighted by atomic mass is 16.3. The molecule has 162 valence electrons. The number of para-hydroxylation sites is 1. The van der Waals surface area contributed by atoms with Crippen molar-refractivity contribution in [3.63, 3.8) is 0 Å². The number of hydrogen-bond acceptors (Lipinski definition) is 3. The van der Waals surface area contributed by atoms with E-state index in [1.807, 2.05) is 59.3 Å². The number of benzene rings is 4. The molecular weight excluding hydrogens is 408 g/mol. The van der Waals surface area contributed by atoms with Gasteiger partial charge < -0.3 is 10.2 Å². The molecule has 0 unspecified atom stereocenters. The normalized spacial score (nSPS) is 10.9. The number of phenolic OH excluding ortho intramolecular Hbond substituents is 2. The van der Waals surface area contributed by atoms with Crippen molar-refractivity contribution in [3.8, 4) is 50.8 Å². The summed E-state index contributed by atoms with van der Waals surface area (Å²) in [5.41, 5.74) is 7.90. The summed E-state index contributed by atoms with van der Waals surface area (Å²) in [5, 5.41) is 24.9. The molecule has 0 aliphatic heterocycles. The fraction of sp³-hybridized carbons (Fsp3) is 0.0690. The Kier molecular flexibility index (Phi) is 5.41. The Morgan fingerprint density at radius 2 is 1.21 bits per heavy atom. The van der Waals surface area contributed by atoms with Gasteiger partial charge in [0.05, 0.1) is 11.4 Å². The van der Waals surface area contributed by atoms with Crippen molar-refractivity contribution in [2.45, 2.75) is 13.3 Å². The van der Waals surface area contributed by atoms with Crippen LogP contribution in [-0.4, -0.2) is 20.0 Å². The summed E-state index contributed by atoms with van der Waals surface area (Å²) in [6.07, 6.45) is 0.875. The summed E-state index contributed by atoms with van der Waals surface area (Å²) in [6.45, 7) is 2.14.